The van der Waals surface area contributed by atoms with Crippen LogP contribution in [0.25, 0.3) is 17.0 Å². The quantitative estimate of drug-likeness (QED) is 0.212. The fourth-order valence-corrected chi connectivity index (χ4v) is 4.73. The van der Waals surface area contributed by atoms with E-state index in [1.807, 2.05) is 57.2 Å². The molecule has 43 heavy (non-hydrogen) atoms. The van der Waals surface area contributed by atoms with E-state index in [-0.39, 0.29) is 12.1 Å². The van der Waals surface area contributed by atoms with Gasteiger partial charge in [0.2, 0.25) is 5.95 Å². The first-order valence-electron chi connectivity index (χ1n) is 14.4. The van der Waals surface area contributed by atoms with Crippen LogP contribution < -0.4 is 20.9 Å². The van der Waals surface area contributed by atoms with Gasteiger partial charge in [-0.3, -0.25) is 9.88 Å². The molecule has 1 saturated heterocycles. The molecule has 0 radical (unpaired) electrons. The van der Waals surface area contributed by atoms with Crippen LogP contribution in [0.2, 0.25) is 0 Å². The van der Waals surface area contributed by atoms with Crippen LogP contribution in [0.1, 0.15) is 25.0 Å². The van der Waals surface area contributed by atoms with E-state index >= 15 is 0 Å². The molecule has 222 valence electrons. The molecular weight excluding hydrogens is 540 g/mol. The van der Waals surface area contributed by atoms with Crippen LogP contribution in [0.15, 0.2) is 85.8 Å². The summed E-state index contributed by atoms with van der Waals surface area (Å²) in [4.78, 5) is 29.5. The monoisotopic (exact) mass is 578 g/mol. The molecule has 3 N–H and O–H groups in total. The van der Waals surface area contributed by atoms with E-state index in [1.165, 1.54) is 0 Å². The lowest BCUT2D eigenvalue weighted by atomic mass is 10.1. The van der Waals surface area contributed by atoms with Crippen LogP contribution in [-0.2, 0) is 4.74 Å². The standard InChI is InChI=1S/C33H38N8O2/c1-23(2)36-33(42)43-22-40-16-18-41(19-17-40)29-11-8-26(9-12-29)25(4)37-28-10-7-24(3)31(20-28)39-32-35-15-13-30(38-32)27-6-5-14-34-21-27/h5-15,20-21,23,37H,4,16-19,22H2,1-3H3,(H,36,42)(H,35,38,39). The number of nitrogens with zero attached hydrogens (tertiary/aromatic N) is 5. The van der Waals surface area contributed by atoms with Crippen molar-refractivity contribution in [2.75, 3.05) is 48.4 Å². The number of hydrogen-bond donors (Lipinski definition) is 3. The Morgan fingerprint density at radius 2 is 1.81 bits per heavy atom. The molecular formula is C33H38N8O2. The normalized spacial score (nSPS) is 13.4. The predicted octanol–water partition coefficient (Wildman–Crippen LogP) is 5.89. The van der Waals surface area contributed by atoms with E-state index < -0.39 is 0 Å². The Bertz CT molecular complexity index is 1530. The van der Waals surface area contributed by atoms with E-state index in [1.54, 1.807) is 18.6 Å². The Hall–Kier alpha value is -4.96. The first-order chi connectivity index (χ1) is 20.8. The van der Waals surface area contributed by atoms with Gasteiger partial charge in [-0.2, -0.15) is 0 Å². The van der Waals surface area contributed by atoms with Crippen molar-refractivity contribution in [3.63, 3.8) is 0 Å². The van der Waals surface area contributed by atoms with Crippen LogP contribution in [0.4, 0.5) is 27.8 Å². The summed E-state index contributed by atoms with van der Waals surface area (Å²) in [7, 11) is 0. The van der Waals surface area contributed by atoms with Gasteiger partial charge in [-0.1, -0.05) is 24.8 Å². The van der Waals surface area contributed by atoms with Gasteiger partial charge in [-0.15, -0.1) is 0 Å². The third-order valence-electron chi connectivity index (χ3n) is 7.13. The van der Waals surface area contributed by atoms with Gasteiger partial charge in [0.1, 0.15) is 6.73 Å². The van der Waals surface area contributed by atoms with Gasteiger partial charge in [-0.25, -0.2) is 14.8 Å². The minimum Gasteiger partial charge on any atom is -0.433 e. The Morgan fingerprint density at radius 1 is 1.02 bits per heavy atom. The zero-order valence-corrected chi connectivity index (χ0v) is 24.9. The van der Waals surface area contributed by atoms with Crippen molar-refractivity contribution < 1.29 is 9.53 Å². The number of ether oxygens (including phenoxy) is 1. The number of carbonyl (C=O) groups is 1. The van der Waals surface area contributed by atoms with E-state index in [4.69, 9.17) is 4.74 Å². The molecule has 3 heterocycles. The Kier molecular flexibility index (Phi) is 9.48. The Morgan fingerprint density at radius 3 is 2.53 bits per heavy atom. The largest absolute Gasteiger partial charge is 0.433 e. The summed E-state index contributed by atoms with van der Waals surface area (Å²) < 4.78 is 5.32. The molecule has 4 aromatic rings. The number of aryl methyl sites for hydroxylation is 1. The number of benzene rings is 2. The van der Waals surface area contributed by atoms with E-state index in [9.17, 15) is 4.79 Å². The molecule has 1 aliphatic heterocycles. The van der Waals surface area contributed by atoms with Crippen LogP contribution >= 0.6 is 0 Å². The lowest BCUT2D eigenvalue weighted by Gasteiger charge is -2.35. The smallest absolute Gasteiger partial charge is 0.408 e. The van der Waals surface area contributed by atoms with Gasteiger partial charge in [0.25, 0.3) is 0 Å². The Balaban J connectivity index is 1.15. The fourth-order valence-electron chi connectivity index (χ4n) is 4.73. The number of nitrogens with one attached hydrogen (secondary N) is 3. The summed E-state index contributed by atoms with van der Waals surface area (Å²) in [6.45, 7) is 13.8. The fraction of sp³-hybridized carbons (Fsp3) is 0.273. The van der Waals surface area contributed by atoms with Crippen molar-refractivity contribution in [3.05, 3.63) is 97.0 Å². The van der Waals surface area contributed by atoms with Crippen molar-refractivity contribution in [2.45, 2.75) is 26.8 Å². The van der Waals surface area contributed by atoms with Crippen LogP contribution in [-0.4, -0.2) is 64.9 Å². The molecule has 0 spiro atoms. The lowest BCUT2D eigenvalue weighted by molar-refractivity contribution is 0.0643. The second kappa shape index (κ2) is 13.8. The number of piperazine rings is 1. The summed E-state index contributed by atoms with van der Waals surface area (Å²) in [5.74, 6) is 0.515. The molecule has 0 aliphatic carbocycles. The molecule has 2 aromatic carbocycles. The second-order valence-corrected chi connectivity index (χ2v) is 10.8. The van der Waals surface area contributed by atoms with Gasteiger partial charge in [0.15, 0.2) is 0 Å². The maximum atomic E-state index is 11.8. The minimum atomic E-state index is -0.374. The molecule has 10 heteroatoms. The zero-order chi connectivity index (χ0) is 30.2. The second-order valence-electron chi connectivity index (χ2n) is 10.8. The molecule has 0 unspecified atom stereocenters. The SMILES string of the molecule is C=C(Nc1ccc(C)c(Nc2nccc(-c3cccnc3)n2)c1)c1ccc(N2CCN(COC(=O)NC(C)C)CC2)cc1. The number of alkyl carbamates (subject to hydrolysis) is 1. The summed E-state index contributed by atoms with van der Waals surface area (Å²) in [5, 5.41) is 9.54. The number of anilines is 4. The topological polar surface area (TPSA) is 108 Å². The van der Waals surface area contributed by atoms with Crippen molar-refractivity contribution in [3.8, 4) is 11.3 Å². The maximum Gasteiger partial charge on any atom is 0.408 e. The number of pyridine rings is 1. The van der Waals surface area contributed by atoms with Crippen molar-refractivity contribution in [1.82, 2.24) is 25.2 Å². The summed E-state index contributed by atoms with van der Waals surface area (Å²) in [6.07, 6.45) is 4.89. The predicted molar refractivity (Wildman–Crippen MR) is 172 cm³/mol. The van der Waals surface area contributed by atoms with Crippen molar-refractivity contribution in [2.24, 2.45) is 0 Å². The zero-order valence-electron chi connectivity index (χ0n) is 24.9. The summed E-state index contributed by atoms with van der Waals surface area (Å²) >= 11 is 0. The highest BCUT2D eigenvalue weighted by molar-refractivity contribution is 5.78. The summed E-state index contributed by atoms with van der Waals surface area (Å²) in [6, 6.07) is 20.3. The first-order valence-corrected chi connectivity index (χ1v) is 14.4. The number of carbonyl (C=O) groups excluding carboxylic acids is 1. The third-order valence-corrected chi connectivity index (χ3v) is 7.13. The van der Waals surface area contributed by atoms with E-state index in [2.05, 4.69) is 71.5 Å². The highest BCUT2D eigenvalue weighted by Gasteiger charge is 2.18. The average molecular weight is 579 g/mol. The highest BCUT2D eigenvalue weighted by atomic mass is 16.6. The van der Waals surface area contributed by atoms with Crippen molar-refractivity contribution in [1.29, 1.82) is 0 Å². The molecule has 1 amide bonds. The average Bonchev–Trinajstić information content (AvgIpc) is 3.02. The van der Waals surface area contributed by atoms with Gasteiger partial charge < -0.3 is 25.6 Å². The molecule has 2 aromatic heterocycles. The van der Waals surface area contributed by atoms with Gasteiger partial charge in [0, 0.05) is 79.1 Å². The van der Waals surface area contributed by atoms with Crippen molar-refractivity contribution >= 4 is 34.8 Å². The molecule has 10 nitrogen and oxygen atoms in total. The number of amides is 1. The van der Waals surface area contributed by atoms with Gasteiger partial charge in [0.05, 0.1) is 5.69 Å². The molecule has 5 rings (SSSR count). The number of aromatic nitrogens is 3. The third kappa shape index (κ3) is 8.08. The molecule has 1 fully saturated rings. The van der Waals surface area contributed by atoms with E-state index in [0.717, 1.165) is 71.3 Å². The summed E-state index contributed by atoms with van der Waals surface area (Å²) in [5.41, 5.74) is 7.59. The van der Waals surface area contributed by atoms with Crippen LogP contribution in [0.5, 0.6) is 0 Å². The number of rotatable bonds is 10. The molecule has 1 aliphatic rings. The molecule has 0 atom stereocenters. The van der Waals surface area contributed by atoms with E-state index in [0.29, 0.717) is 12.7 Å². The van der Waals surface area contributed by atoms with Crippen LogP contribution in [0, 0.1) is 6.92 Å². The molecule has 0 saturated carbocycles. The van der Waals surface area contributed by atoms with Crippen LogP contribution in [0.3, 0.4) is 0 Å². The minimum absolute atomic E-state index is 0.0622. The van der Waals surface area contributed by atoms with Gasteiger partial charge >= 0.3 is 6.09 Å². The number of hydrogen-bond acceptors (Lipinski definition) is 9. The highest BCUT2D eigenvalue weighted by Crippen LogP contribution is 2.27. The Labute approximate surface area is 252 Å². The maximum absolute atomic E-state index is 11.8. The lowest BCUT2D eigenvalue weighted by Crippen LogP contribution is -2.48. The van der Waals surface area contributed by atoms with Gasteiger partial charge in [-0.05, 0) is 74.4 Å². The first kappa shape index (κ1) is 29.5. The molecule has 0 bridgehead atoms.